The lowest BCUT2D eigenvalue weighted by atomic mass is 10.1. The van der Waals surface area contributed by atoms with Gasteiger partial charge in [-0.15, -0.1) is 0 Å². The van der Waals surface area contributed by atoms with Gasteiger partial charge in [0.15, 0.2) is 0 Å². The molecule has 1 aromatic rings. The molecular formula is C11H12N2. The Morgan fingerprint density at radius 2 is 1.92 bits per heavy atom. The molecule has 0 aromatic heterocycles. The normalized spacial score (nSPS) is 10.7. The van der Waals surface area contributed by atoms with Crippen molar-refractivity contribution in [3.8, 4) is 6.07 Å². The fraction of sp³-hybridized carbons (Fsp3) is 0.182. The largest absolute Gasteiger partial charge is 0.377 e. The summed E-state index contributed by atoms with van der Waals surface area (Å²) in [7, 11) is 3.85. The maximum atomic E-state index is 8.59. The highest BCUT2D eigenvalue weighted by Gasteiger charge is 2.01. The summed E-state index contributed by atoms with van der Waals surface area (Å²) in [6.45, 7) is 0. The van der Waals surface area contributed by atoms with E-state index in [0.717, 1.165) is 11.3 Å². The monoisotopic (exact) mass is 172 g/mol. The number of benzene rings is 1. The van der Waals surface area contributed by atoms with Gasteiger partial charge in [-0.05, 0) is 5.56 Å². The van der Waals surface area contributed by atoms with Crippen LogP contribution in [-0.2, 0) is 0 Å². The molecule has 2 heteroatoms. The van der Waals surface area contributed by atoms with Crippen LogP contribution >= 0.6 is 0 Å². The Balaban J connectivity index is 3.05. The molecule has 13 heavy (non-hydrogen) atoms. The molecule has 0 saturated carbocycles. The summed E-state index contributed by atoms with van der Waals surface area (Å²) in [5, 5.41) is 8.59. The van der Waals surface area contributed by atoms with Gasteiger partial charge < -0.3 is 4.90 Å². The highest BCUT2D eigenvalue weighted by atomic mass is 15.1. The first-order valence-corrected chi connectivity index (χ1v) is 4.08. The Morgan fingerprint density at radius 1 is 1.31 bits per heavy atom. The second-order valence-corrected chi connectivity index (χ2v) is 2.92. The van der Waals surface area contributed by atoms with E-state index in [1.807, 2.05) is 55.4 Å². The van der Waals surface area contributed by atoms with Crippen molar-refractivity contribution in [3.05, 3.63) is 42.0 Å². The average Bonchev–Trinajstić information content (AvgIpc) is 2.15. The number of nitrogens with zero attached hydrogens (tertiary/aromatic N) is 2. The number of hydrogen-bond donors (Lipinski definition) is 0. The molecular weight excluding hydrogens is 160 g/mol. The smallest absolute Gasteiger partial charge is 0.0933 e. The summed E-state index contributed by atoms with van der Waals surface area (Å²) >= 11 is 0. The SMILES string of the molecule is CN(C)C(=CC#N)c1ccccc1. The molecule has 0 heterocycles. The van der Waals surface area contributed by atoms with Gasteiger partial charge in [0.05, 0.1) is 11.8 Å². The minimum Gasteiger partial charge on any atom is -0.377 e. The highest BCUT2D eigenvalue weighted by Crippen LogP contribution is 2.14. The molecule has 0 radical (unpaired) electrons. The predicted molar refractivity (Wildman–Crippen MR) is 53.7 cm³/mol. The van der Waals surface area contributed by atoms with E-state index in [0.29, 0.717) is 0 Å². The Bertz CT molecular complexity index is 331. The highest BCUT2D eigenvalue weighted by molar-refractivity contribution is 5.65. The summed E-state index contributed by atoms with van der Waals surface area (Å²) in [5.41, 5.74) is 2.00. The Labute approximate surface area is 78.7 Å². The lowest BCUT2D eigenvalue weighted by Crippen LogP contribution is -2.09. The van der Waals surface area contributed by atoms with E-state index in [4.69, 9.17) is 5.26 Å². The maximum absolute atomic E-state index is 8.59. The zero-order valence-electron chi connectivity index (χ0n) is 7.86. The zero-order valence-corrected chi connectivity index (χ0v) is 7.86. The van der Waals surface area contributed by atoms with Gasteiger partial charge >= 0.3 is 0 Å². The van der Waals surface area contributed by atoms with Crippen LogP contribution in [0.2, 0.25) is 0 Å². The first kappa shape index (κ1) is 9.34. The quantitative estimate of drug-likeness (QED) is 0.639. The van der Waals surface area contributed by atoms with Gasteiger partial charge in [-0.25, -0.2) is 0 Å². The van der Waals surface area contributed by atoms with Gasteiger partial charge in [0.25, 0.3) is 0 Å². The van der Waals surface area contributed by atoms with Gasteiger partial charge in [-0.2, -0.15) is 5.26 Å². The molecule has 0 fully saturated rings. The topological polar surface area (TPSA) is 27.0 Å². The Morgan fingerprint density at radius 3 is 2.38 bits per heavy atom. The van der Waals surface area contributed by atoms with E-state index in [9.17, 15) is 0 Å². The van der Waals surface area contributed by atoms with Crippen LogP contribution in [0.5, 0.6) is 0 Å². The van der Waals surface area contributed by atoms with Crippen LogP contribution in [0.15, 0.2) is 36.4 Å². The van der Waals surface area contributed by atoms with E-state index in [1.165, 1.54) is 0 Å². The van der Waals surface area contributed by atoms with Crippen molar-refractivity contribution in [1.29, 1.82) is 5.26 Å². The molecule has 1 rings (SSSR count). The molecule has 0 saturated heterocycles. The van der Waals surface area contributed by atoms with Crippen molar-refractivity contribution in [2.45, 2.75) is 0 Å². The number of rotatable bonds is 2. The first-order chi connectivity index (χ1) is 6.25. The zero-order chi connectivity index (χ0) is 9.68. The maximum Gasteiger partial charge on any atom is 0.0933 e. The third-order valence-electron chi connectivity index (χ3n) is 1.75. The number of allylic oxidation sites excluding steroid dienone is 1. The first-order valence-electron chi connectivity index (χ1n) is 4.08. The van der Waals surface area contributed by atoms with Crippen LogP contribution < -0.4 is 0 Å². The molecule has 0 amide bonds. The lowest BCUT2D eigenvalue weighted by molar-refractivity contribution is 0.592. The van der Waals surface area contributed by atoms with Gasteiger partial charge in [0, 0.05) is 20.2 Å². The van der Waals surface area contributed by atoms with Gasteiger partial charge in [-0.3, -0.25) is 0 Å². The molecule has 0 spiro atoms. The summed E-state index contributed by atoms with van der Waals surface area (Å²) in [5.74, 6) is 0. The molecule has 0 aliphatic carbocycles. The van der Waals surface area contributed by atoms with Crippen molar-refractivity contribution in [2.24, 2.45) is 0 Å². The van der Waals surface area contributed by atoms with Crippen LogP contribution in [0.1, 0.15) is 5.56 Å². The van der Waals surface area contributed by atoms with E-state index in [-0.39, 0.29) is 0 Å². The fourth-order valence-corrected chi connectivity index (χ4v) is 1.14. The van der Waals surface area contributed by atoms with E-state index >= 15 is 0 Å². The van der Waals surface area contributed by atoms with Crippen molar-refractivity contribution < 1.29 is 0 Å². The van der Waals surface area contributed by atoms with Crippen LogP contribution in [0.3, 0.4) is 0 Å². The van der Waals surface area contributed by atoms with Crippen molar-refractivity contribution >= 4 is 5.70 Å². The van der Waals surface area contributed by atoms with Gasteiger partial charge in [0.2, 0.25) is 0 Å². The van der Waals surface area contributed by atoms with Gasteiger partial charge in [0.1, 0.15) is 0 Å². The fourth-order valence-electron chi connectivity index (χ4n) is 1.14. The van der Waals surface area contributed by atoms with E-state index < -0.39 is 0 Å². The lowest BCUT2D eigenvalue weighted by Gasteiger charge is -2.15. The third-order valence-corrected chi connectivity index (χ3v) is 1.75. The minimum atomic E-state index is 0.933. The van der Waals surface area contributed by atoms with E-state index in [1.54, 1.807) is 6.08 Å². The Hall–Kier alpha value is -1.75. The van der Waals surface area contributed by atoms with Crippen LogP contribution in [0.25, 0.3) is 5.70 Å². The van der Waals surface area contributed by atoms with Gasteiger partial charge in [-0.1, -0.05) is 30.3 Å². The molecule has 0 atom stereocenters. The molecule has 0 unspecified atom stereocenters. The van der Waals surface area contributed by atoms with E-state index in [2.05, 4.69) is 0 Å². The van der Waals surface area contributed by atoms with Crippen molar-refractivity contribution in [1.82, 2.24) is 4.90 Å². The molecule has 0 bridgehead atoms. The summed E-state index contributed by atoms with van der Waals surface area (Å²) in [6.07, 6.45) is 1.55. The molecule has 0 aliphatic rings. The predicted octanol–water partition coefficient (Wildman–Crippen LogP) is 2.11. The number of hydrogen-bond acceptors (Lipinski definition) is 2. The Kier molecular flexibility index (Phi) is 3.10. The third kappa shape index (κ3) is 2.34. The van der Waals surface area contributed by atoms with Crippen molar-refractivity contribution in [3.63, 3.8) is 0 Å². The molecule has 1 aromatic carbocycles. The van der Waals surface area contributed by atoms with Crippen LogP contribution in [0, 0.1) is 11.3 Å². The second kappa shape index (κ2) is 4.32. The summed E-state index contributed by atoms with van der Waals surface area (Å²) in [4.78, 5) is 1.93. The molecule has 0 aliphatic heterocycles. The van der Waals surface area contributed by atoms with Crippen molar-refractivity contribution in [2.75, 3.05) is 14.1 Å². The molecule has 2 nitrogen and oxygen atoms in total. The average molecular weight is 172 g/mol. The summed E-state index contributed by atoms with van der Waals surface area (Å²) in [6, 6.07) is 11.9. The minimum absolute atomic E-state index is 0.933. The standard InChI is InChI=1S/C11H12N2/c1-13(2)11(8-9-12)10-6-4-3-5-7-10/h3-8H,1-2H3. The summed E-state index contributed by atoms with van der Waals surface area (Å²) < 4.78 is 0. The second-order valence-electron chi connectivity index (χ2n) is 2.92. The molecule has 66 valence electrons. The van der Waals surface area contributed by atoms with Crippen LogP contribution in [-0.4, -0.2) is 19.0 Å². The van der Waals surface area contributed by atoms with Crippen LogP contribution in [0.4, 0.5) is 0 Å². The number of nitriles is 1. The molecule has 0 N–H and O–H groups in total.